The Morgan fingerprint density at radius 2 is 2.29 bits per heavy atom. The number of aromatic nitrogens is 2. The normalized spacial score (nSPS) is 18.0. The zero-order valence-corrected chi connectivity index (χ0v) is 11.8. The molecule has 0 saturated carbocycles. The molecule has 3 rings (SSSR count). The summed E-state index contributed by atoms with van der Waals surface area (Å²) in [5.74, 6) is 0.0402. The number of rotatable bonds is 3. The summed E-state index contributed by atoms with van der Waals surface area (Å²) < 4.78 is 0. The first kappa shape index (κ1) is 13.7. The lowest BCUT2D eigenvalue weighted by atomic mass is 10.1. The topological polar surface area (TPSA) is 72.1 Å². The number of nitrogens with zero attached hydrogens (tertiary/aromatic N) is 3. The Balaban J connectivity index is 1.86. The Morgan fingerprint density at radius 1 is 1.38 bits per heavy atom. The SMILES string of the molecule is NCc1cc(C(=O)N2CCCC2c2cccnc2)ccn1. The maximum absolute atomic E-state index is 12.7. The molecule has 2 N–H and O–H groups in total. The van der Waals surface area contributed by atoms with Crippen LogP contribution in [0.3, 0.4) is 0 Å². The lowest BCUT2D eigenvalue weighted by molar-refractivity contribution is 0.0735. The van der Waals surface area contributed by atoms with Gasteiger partial charge in [-0.05, 0) is 36.6 Å². The molecule has 5 nitrogen and oxygen atoms in total. The van der Waals surface area contributed by atoms with Crippen LogP contribution in [-0.4, -0.2) is 27.3 Å². The highest BCUT2D eigenvalue weighted by atomic mass is 16.2. The van der Waals surface area contributed by atoms with Gasteiger partial charge in [-0.3, -0.25) is 14.8 Å². The zero-order chi connectivity index (χ0) is 14.7. The fourth-order valence-electron chi connectivity index (χ4n) is 2.82. The van der Waals surface area contributed by atoms with E-state index in [9.17, 15) is 4.79 Å². The summed E-state index contributed by atoms with van der Waals surface area (Å²) >= 11 is 0. The second kappa shape index (κ2) is 6.01. The summed E-state index contributed by atoms with van der Waals surface area (Å²) in [4.78, 5) is 23.0. The molecule has 0 radical (unpaired) electrons. The predicted octanol–water partition coefficient (Wildman–Crippen LogP) is 1.91. The first-order chi connectivity index (χ1) is 10.3. The van der Waals surface area contributed by atoms with Gasteiger partial charge < -0.3 is 10.6 Å². The molecule has 1 aliphatic rings. The van der Waals surface area contributed by atoms with E-state index in [0.29, 0.717) is 12.1 Å². The number of hydrogen-bond donors (Lipinski definition) is 1. The lowest BCUT2D eigenvalue weighted by Crippen LogP contribution is -2.30. The molecule has 1 atom stereocenters. The van der Waals surface area contributed by atoms with Gasteiger partial charge in [0.2, 0.25) is 0 Å². The number of hydrogen-bond acceptors (Lipinski definition) is 4. The number of pyridine rings is 2. The van der Waals surface area contributed by atoms with Crippen molar-refractivity contribution in [3.8, 4) is 0 Å². The smallest absolute Gasteiger partial charge is 0.254 e. The molecule has 2 aromatic rings. The first-order valence-electron chi connectivity index (χ1n) is 7.15. The van der Waals surface area contributed by atoms with Crippen molar-refractivity contribution in [1.82, 2.24) is 14.9 Å². The van der Waals surface area contributed by atoms with Crippen LogP contribution in [0.5, 0.6) is 0 Å². The molecule has 0 aliphatic carbocycles. The van der Waals surface area contributed by atoms with Crippen LogP contribution in [0.25, 0.3) is 0 Å². The largest absolute Gasteiger partial charge is 0.332 e. The number of amides is 1. The van der Waals surface area contributed by atoms with Crippen molar-refractivity contribution in [3.05, 3.63) is 59.7 Å². The van der Waals surface area contributed by atoms with Gasteiger partial charge in [-0.1, -0.05) is 6.07 Å². The summed E-state index contributed by atoms with van der Waals surface area (Å²) in [5.41, 5.74) is 8.08. The zero-order valence-electron chi connectivity index (χ0n) is 11.8. The minimum Gasteiger partial charge on any atom is -0.332 e. The first-order valence-corrected chi connectivity index (χ1v) is 7.15. The van der Waals surface area contributed by atoms with Gasteiger partial charge >= 0.3 is 0 Å². The molecule has 1 fully saturated rings. The summed E-state index contributed by atoms with van der Waals surface area (Å²) in [7, 11) is 0. The molecule has 1 aliphatic heterocycles. The van der Waals surface area contributed by atoms with Gasteiger partial charge in [-0.2, -0.15) is 0 Å². The van der Waals surface area contributed by atoms with Crippen LogP contribution in [0.15, 0.2) is 42.9 Å². The van der Waals surface area contributed by atoms with Crippen LogP contribution in [0.4, 0.5) is 0 Å². The molecule has 1 amide bonds. The van der Waals surface area contributed by atoms with E-state index >= 15 is 0 Å². The third-order valence-electron chi connectivity index (χ3n) is 3.86. The Labute approximate surface area is 123 Å². The van der Waals surface area contributed by atoms with Crippen molar-refractivity contribution in [3.63, 3.8) is 0 Å². The van der Waals surface area contributed by atoms with Crippen LogP contribution in [0.2, 0.25) is 0 Å². The van der Waals surface area contributed by atoms with E-state index in [2.05, 4.69) is 9.97 Å². The molecule has 5 heteroatoms. The summed E-state index contributed by atoms with van der Waals surface area (Å²) in [6, 6.07) is 7.58. The molecule has 0 bridgehead atoms. The highest BCUT2D eigenvalue weighted by molar-refractivity contribution is 5.94. The second-order valence-corrected chi connectivity index (χ2v) is 5.18. The van der Waals surface area contributed by atoms with Crippen molar-refractivity contribution in [2.75, 3.05) is 6.54 Å². The Kier molecular flexibility index (Phi) is 3.92. The van der Waals surface area contributed by atoms with Crippen LogP contribution in [0, 0.1) is 0 Å². The summed E-state index contributed by atoms with van der Waals surface area (Å²) in [6.07, 6.45) is 7.23. The van der Waals surface area contributed by atoms with E-state index in [1.54, 1.807) is 24.5 Å². The third kappa shape index (κ3) is 2.78. The number of likely N-dealkylation sites (tertiary alicyclic amines) is 1. The third-order valence-corrected chi connectivity index (χ3v) is 3.86. The van der Waals surface area contributed by atoms with Crippen molar-refractivity contribution in [2.24, 2.45) is 5.73 Å². The predicted molar refractivity (Wildman–Crippen MR) is 79.4 cm³/mol. The average Bonchev–Trinajstić information content (AvgIpc) is 3.04. The number of nitrogens with two attached hydrogens (primary N) is 1. The number of carbonyl (C=O) groups is 1. The molecule has 108 valence electrons. The van der Waals surface area contributed by atoms with Crippen LogP contribution in [-0.2, 0) is 6.54 Å². The van der Waals surface area contributed by atoms with E-state index in [4.69, 9.17) is 5.73 Å². The van der Waals surface area contributed by atoms with Crippen LogP contribution < -0.4 is 5.73 Å². The van der Waals surface area contributed by atoms with Gasteiger partial charge in [0.1, 0.15) is 0 Å². The van der Waals surface area contributed by atoms with Gasteiger partial charge in [0, 0.05) is 37.2 Å². The quantitative estimate of drug-likeness (QED) is 0.933. The Morgan fingerprint density at radius 3 is 3.05 bits per heavy atom. The van der Waals surface area contributed by atoms with Crippen molar-refractivity contribution in [2.45, 2.75) is 25.4 Å². The van der Waals surface area contributed by atoms with E-state index in [1.807, 2.05) is 23.2 Å². The van der Waals surface area contributed by atoms with Gasteiger partial charge in [0.05, 0.1) is 11.7 Å². The lowest BCUT2D eigenvalue weighted by Gasteiger charge is -2.25. The summed E-state index contributed by atoms with van der Waals surface area (Å²) in [5, 5.41) is 0. The minimum atomic E-state index is 0.0402. The van der Waals surface area contributed by atoms with E-state index in [1.165, 1.54) is 0 Å². The molecule has 3 heterocycles. The molecule has 21 heavy (non-hydrogen) atoms. The van der Waals surface area contributed by atoms with E-state index < -0.39 is 0 Å². The Hall–Kier alpha value is -2.27. The second-order valence-electron chi connectivity index (χ2n) is 5.18. The monoisotopic (exact) mass is 282 g/mol. The van der Waals surface area contributed by atoms with Gasteiger partial charge in [0.15, 0.2) is 0 Å². The highest BCUT2D eigenvalue weighted by Crippen LogP contribution is 2.32. The molecular formula is C16H18N4O. The van der Waals surface area contributed by atoms with Gasteiger partial charge in [-0.15, -0.1) is 0 Å². The van der Waals surface area contributed by atoms with Crippen LogP contribution in [0.1, 0.15) is 40.5 Å². The van der Waals surface area contributed by atoms with E-state index in [0.717, 1.165) is 30.6 Å². The number of carbonyl (C=O) groups excluding carboxylic acids is 1. The van der Waals surface area contributed by atoms with E-state index in [-0.39, 0.29) is 11.9 Å². The van der Waals surface area contributed by atoms with Crippen molar-refractivity contribution < 1.29 is 4.79 Å². The maximum Gasteiger partial charge on any atom is 0.254 e. The standard InChI is InChI=1S/C16H18N4O/c17-10-14-9-12(5-7-19-14)16(21)20-8-2-4-15(20)13-3-1-6-18-11-13/h1,3,5-7,9,11,15H,2,4,8,10,17H2. The fraction of sp³-hybridized carbons (Fsp3) is 0.312. The average molecular weight is 282 g/mol. The minimum absolute atomic E-state index is 0.0402. The van der Waals surface area contributed by atoms with Gasteiger partial charge in [0.25, 0.3) is 5.91 Å². The fourth-order valence-corrected chi connectivity index (χ4v) is 2.82. The molecule has 0 spiro atoms. The van der Waals surface area contributed by atoms with Crippen molar-refractivity contribution in [1.29, 1.82) is 0 Å². The maximum atomic E-state index is 12.7. The van der Waals surface area contributed by atoms with Crippen LogP contribution >= 0.6 is 0 Å². The van der Waals surface area contributed by atoms with Gasteiger partial charge in [-0.25, -0.2) is 0 Å². The summed E-state index contributed by atoms with van der Waals surface area (Å²) in [6.45, 7) is 1.12. The van der Waals surface area contributed by atoms with Crippen molar-refractivity contribution >= 4 is 5.91 Å². The molecular weight excluding hydrogens is 264 g/mol. The molecule has 1 saturated heterocycles. The molecule has 0 aromatic carbocycles. The Bertz CT molecular complexity index is 629. The molecule has 2 aromatic heterocycles. The molecule has 1 unspecified atom stereocenters. The highest BCUT2D eigenvalue weighted by Gasteiger charge is 2.30.